The zero-order valence-electron chi connectivity index (χ0n) is 9.03. The summed E-state index contributed by atoms with van der Waals surface area (Å²) in [5.41, 5.74) is 0. The van der Waals surface area contributed by atoms with E-state index in [1.165, 1.54) is 0 Å². The van der Waals surface area contributed by atoms with E-state index in [-0.39, 0.29) is 5.97 Å². The van der Waals surface area contributed by atoms with Crippen LogP contribution < -0.4 is 0 Å². The van der Waals surface area contributed by atoms with Gasteiger partial charge in [-0.15, -0.1) is 6.58 Å². The zero-order valence-corrected chi connectivity index (χ0v) is 9.03. The van der Waals surface area contributed by atoms with Crippen molar-refractivity contribution in [3.05, 3.63) is 12.7 Å². The normalized spacial score (nSPS) is 14.5. The monoisotopic (exact) mass is 200 g/mol. The molecule has 0 aromatic rings. The molecule has 2 atom stereocenters. The molecular weight excluding hydrogens is 180 g/mol. The van der Waals surface area contributed by atoms with Gasteiger partial charge in [0.25, 0.3) is 0 Å². The molecule has 0 fully saturated rings. The first-order valence-electron chi connectivity index (χ1n) is 5.09. The lowest BCUT2D eigenvalue weighted by molar-refractivity contribution is -0.152. The van der Waals surface area contributed by atoms with Crippen LogP contribution in [0.25, 0.3) is 0 Å². The number of unbranched alkanes of at least 4 members (excludes halogenated alkanes) is 1. The van der Waals surface area contributed by atoms with E-state index >= 15 is 0 Å². The zero-order chi connectivity index (χ0) is 11.0. The molecule has 3 heteroatoms. The average Bonchev–Trinajstić information content (AvgIpc) is 2.13. The second kappa shape index (κ2) is 7.56. The Bertz CT molecular complexity index is 175. The van der Waals surface area contributed by atoms with E-state index in [1.807, 2.05) is 6.92 Å². The van der Waals surface area contributed by atoms with Crippen molar-refractivity contribution in [1.29, 1.82) is 0 Å². The number of aliphatic hydroxyl groups is 1. The molecule has 0 heterocycles. The predicted octanol–water partition coefficient (Wildman–Crippen LogP) is 1.90. The van der Waals surface area contributed by atoms with E-state index in [0.717, 1.165) is 12.8 Å². The van der Waals surface area contributed by atoms with Crippen LogP contribution in [0.1, 0.15) is 33.1 Å². The van der Waals surface area contributed by atoms with Crippen molar-refractivity contribution in [3.63, 3.8) is 0 Å². The molecule has 0 aliphatic rings. The van der Waals surface area contributed by atoms with Gasteiger partial charge >= 0.3 is 5.97 Å². The van der Waals surface area contributed by atoms with Crippen molar-refractivity contribution in [3.8, 4) is 0 Å². The Kier molecular flexibility index (Phi) is 7.11. The van der Waals surface area contributed by atoms with Crippen LogP contribution in [0.3, 0.4) is 0 Å². The van der Waals surface area contributed by atoms with Crippen LogP contribution in [-0.4, -0.2) is 23.8 Å². The van der Waals surface area contributed by atoms with Crippen molar-refractivity contribution in [2.75, 3.05) is 6.61 Å². The van der Waals surface area contributed by atoms with Crippen molar-refractivity contribution < 1.29 is 14.6 Å². The summed E-state index contributed by atoms with van der Waals surface area (Å²) in [7, 11) is 0. The average molecular weight is 200 g/mol. The summed E-state index contributed by atoms with van der Waals surface area (Å²) in [4.78, 5) is 11.4. The van der Waals surface area contributed by atoms with Crippen molar-refractivity contribution in [2.24, 2.45) is 5.92 Å². The predicted molar refractivity (Wildman–Crippen MR) is 55.9 cm³/mol. The van der Waals surface area contributed by atoms with Crippen LogP contribution in [0.4, 0.5) is 0 Å². The van der Waals surface area contributed by atoms with Crippen LogP contribution in [0, 0.1) is 5.92 Å². The fraction of sp³-hybridized carbons (Fsp3) is 0.727. The third kappa shape index (κ3) is 5.02. The highest BCUT2D eigenvalue weighted by Gasteiger charge is 2.23. The number of hydrogen-bond acceptors (Lipinski definition) is 3. The molecule has 82 valence electrons. The van der Waals surface area contributed by atoms with Gasteiger partial charge in [0, 0.05) is 0 Å². The summed E-state index contributed by atoms with van der Waals surface area (Å²) in [6.07, 6.45) is 3.27. The maximum Gasteiger partial charge on any atom is 0.311 e. The molecule has 0 bridgehead atoms. The number of esters is 1. The van der Waals surface area contributed by atoms with Crippen LogP contribution in [0.2, 0.25) is 0 Å². The summed E-state index contributed by atoms with van der Waals surface area (Å²) in [6, 6.07) is 0. The molecule has 0 aromatic carbocycles. The van der Waals surface area contributed by atoms with Crippen LogP contribution in [-0.2, 0) is 9.53 Å². The number of ether oxygens (including phenoxy) is 1. The second-order valence-corrected chi connectivity index (χ2v) is 3.39. The lowest BCUT2D eigenvalue weighted by Gasteiger charge is -2.16. The first kappa shape index (κ1) is 13.2. The molecule has 14 heavy (non-hydrogen) atoms. The van der Waals surface area contributed by atoms with Gasteiger partial charge in [-0.3, -0.25) is 4.79 Å². The second-order valence-electron chi connectivity index (χ2n) is 3.39. The molecule has 1 N–H and O–H groups in total. The van der Waals surface area contributed by atoms with E-state index in [9.17, 15) is 9.90 Å². The van der Waals surface area contributed by atoms with Gasteiger partial charge < -0.3 is 9.84 Å². The number of allylic oxidation sites excluding steroid dienone is 1. The Hall–Kier alpha value is -0.830. The summed E-state index contributed by atoms with van der Waals surface area (Å²) < 4.78 is 5.01. The number of aliphatic hydroxyl groups excluding tert-OH is 1. The van der Waals surface area contributed by atoms with E-state index in [4.69, 9.17) is 4.74 Å². The molecule has 0 unspecified atom stereocenters. The largest absolute Gasteiger partial charge is 0.465 e. The third-order valence-electron chi connectivity index (χ3n) is 2.05. The minimum absolute atomic E-state index is 0.326. The van der Waals surface area contributed by atoms with E-state index in [2.05, 4.69) is 6.58 Å². The van der Waals surface area contributed by atoms with Crippen molar-refractivity contribution in [2.45, 2.75) is 39.2 Å². The van der Waals surface area contributed by atoms with Gasteiger partial charge in [0.2, 0.25) is 0 Å². The third-order valence-corrected chi connectivity index (χ3v) is 2.05. The van der Waals surface area contributed by atoms with Gasteiger partial charge in [-0.2, -0.15) is 0 Å². The molecule has 0 saturated carbocycles. The van der Waals surface area contributed by atoms with E-state index in [0.29, 0.717) is 13.0 Å². The highest BCUT2D eigenvalue weighted by Crippen LogP contribution is 2.12. The molecule has 0 radical (unpaired) electrons. The summed E-state index contributed by atoms with van der Waals surface area (Å²) in [6.45, 7) is 7.61. The topological polar surface area (TPSA) is 46.5 Å². The molecule has 0 aromatic heterocycles. The number of rotatable bonds is 7. The molecular formula is C11H20O3. The molecule has 0 rings (SSSR count). The Labute approximate surface area is 85.8 Å². The maximum absolute atomic E-state index is 11.4. The fourth-order valence-corrected chi connectivity index (χ4v) is 1.09. The fourth-order valence-electron chi connectivity index (χ4n) is 1.09. The molecule has 3 nitrogen and oxygen atoms in total. The smallest absolute Gasteiger partial charge is 0.311 e. The quantitative estimate of drug-likeness (QED) is 0.388. The number of carbonyl (C=O) groups excluding carboxylic acids is 1. The maximum atomic E-state index is 11.4. The van der Waals surface area contributed by atoms with E-state index in [1.54, 1.807) is 13.0 Å². The van der Waals surface area contributed by atoms with Crippen LogP contribution >= 0.6 is 0 Å². The van der Waals surface area contributed by atoms with Gasteiger partial charge in [0.05, 0.1) is 18.6 Å². The highest BCUT2D eigenvalue weighted by atomic mass is 16.5. The van der Waals surface area contributed by atoms with Gasteiger partial charge in [-0.1, -0.05) is 19.4 Å². The first-order chi connectivity index (χ1) is 6.63. The Morgan fingerprint density at radius 3 is 2.71 bits per heavy atom. The standard InChI is InChI=1S/C11H20O3/c1-4-6-8-14-11(13)10(7-5-2)9(3)12/h5,9-10,12H,2,4,6-8H2,1,3H3/t9-,10+/m0/s1. The summed E-state index contributed by atoms with van der Waals surface area (Å²) >= 11 is 0. The Balaban J connectivity index is 3.95. The van der Waals surface area contributed by atoms with Crippen LogP contribution in [0.5, 0.6) is 0 Å². The number of hydrogen-bond donors (Lipinski definition) is 1. The Morgan fingerprint density at radius 1 is 1.64 bits per heavy atom. The van der Waals surface area contributed by atoms with Crippen LogP contribution in [0.15, 0.2) is 12.7 Å². The lowest BCUT2D eigenvalue weighted by atomic mass is 10.0. The SMILES string of the molecule is C=CC[C@@H](C(=O)OCCCC)[C@H](C)O. The summed E-state index contributed by atoms with van der Waals surface area (Å²) in [5, 5.41) is 9.32. The minimum Gasteiger partial charge on any atom is -0.465 e. The number of carbonyl (C=O) groups is 1. The van der Waals surface area contributed by atoms with E-state index < -0.39 is 12.0 Å². The lowest BCUT2D eigenvalue weighted by Crippen LogP contribution is -2.27. The van der Waals surface area contributed by atoms with Crippen molar-refractivity contribution in [1.82, 2.24) is 0 Å². The van der Waals surface area contributed by atoms with Gasteiger partial charge in [-0.25, -0.2) is 0 Å². The van der Waals surface area contributed by atoms with Gasteiger partial charge in [0.15, 0.2) is 0 Å². The first-order valence-corrected chi connectivity index (χ1v) is 5.09. The molecule has 0 saturated heterocycles. The minimum atomic E-state index is -0.679. The van der Waals surface area contributed by atoms with Gasteiger partial charge in [0.1, 0.15) is 0 Å². The van der Waals surface area contributed by atoms with Crippen molar-refractivity contribution >= 4 is 5.97 Å². The van der Waals surface area contributed by atoms with Gasteiger partial charge in [-0.05, 0) is 19.8 Å². The molecule has 0 spiro atoms. The highest BCUT2D eigenvalue weighted by molar-refractivity contribution is 5.73. The Morgan fingerprint density at radius 2 is 2.29 bits per heavy atom. The summed E-state index contributed by atoms with van der Waals surface area (Å²) in [5.74, 6) is -0.794. The molecule has 0 aliphatic carbocycles. The molecule has 0 amide bonds. The molecule has 0 aliphatic heterocycles.